The number of hydrogen-bond acceptors (Lipinski definition) is 3. The van der Waals surface area contributed by atoms with Crippen molar-refractivity contribution in [2.45, 2.75) is 0 Å². The molecule has 0 amide bonds. The van der Waals surface area contributed by atoms with Crippen LogP contribution in [0.4, 0.5) is 0 Å². The van der Waals surface area contributed by atoms with Crippen LogP contribution in [0.25, 0.3) is 94.4 Å². The van der Waals surface area contributed by atoms with E-state index in [1.165, 1.54) is 43.6 Å². The van der Waals surface area contributed by atoms with Gasteiger partial charge in [0, 0.05) is 61.3 Å². The molecule has 0 aliphatic heterocycles. The van der Waals surface area contributed by atoms with Crippen molar-refractivity contribution >= 4 is 54.6 Å². The van der Waals surface area contributed by atoms with Crippen LogP contribution in [0.15, 0.2) is 182 Å². The Morgan fingerprint density at radius 1 is 0.400 bits per heavy atom. The summed E-state index contributed by atoms with van der Waals surface area (Å²) in [7, 11) is 0. The highest BCUT2D eigenvalue weighted by Gasteiger charge is 2.18. The predicted molar refractivity (Wildman–Crippen MR) is 223 cm³/mol. The number of fused-ring (bicyclic) bond motifs is 7. The maximum atomic E-state index is 9.44. The molecule has 0 spiro atoms. The number of nitrogens with zero attached hydrogens (tertiary/aromatic N) is 6. The number of benzene rings is 7. The smallest absolute Gasteiger partial charge is 0.162 e. The lowest BCUT2D eigenvalue weighted by atomic mass is 10.1. The van der Waals surface area contributed by atoms with Gasteiger partial charge in [-0.15, -0.1) is 0 Å². The Morgan fingerprint density at radius 2 is 0.836 bits per heavy atom. The van der Waals surface area contributed by atoms with Gasteiger partial charge in [0.15, 0.2) is 5.82 Å². The van der Waals surface area contributed by atoms with Crippen molar-refractivity contribution in [3.05, 3.63) is 188 Å². The molecule has 0 saturated carbocycles. The first-order valence-electron chi connectivity index (χ1n) is 18.3. The van der Waals surface area contributed by atoms with Crippen molar-refractivity contribution in [2.24, 2.45) is 0 Å². The summed E-state index contributed by atoms with van der Waals surface area (Å²) in [5.74, 6) is 0.636. The van der Waals surface area contributed by atoms with E-state index in [1.807, 2.05) is 30.5 Å². The first-order chi connectivity index (χ1) is 27.2. The van der Waals surface area contributed by atoms with Gasteiger partial charge in [0.25, 0.3) is 0 Å². The molecule has 0 fully saturated rings. The summed E-state index contributed by atoms with van der Waals surface area (Å²) in [6.45, 7) is 0. The van der Waals surface area contributed by atoms with E-state index < -0.39 is 0 Å². The Labute approximate surface area is 316 Å². The van der Waals surface area contributed by atoms with Crippen LogP contribution in [-0.2, 0) is 0 Å². The first kappa shape index (κ1) is 30.8. The average molecular weight is 703 g/mol. The van der Waals surface area contributed by atoms with Gasteiger partial charge in [0.05, 0.1) is 39.4 Å². The van der Waals surface area contributed by atoms with E-state index in [4.69, 9.17) is 9.97 Å². The predicted octanol–water partition coefficient (Wildman–Crippen LogP) is 11.8. The molecule has 0 radical (unpaired) electrons. The molecule has 6 heteroatoms. The van der Waals surface area contributed by atoms with Crippen LogP contribution in [0.1, 0.15) is 5.56 Å². The lowest BCUT2D eigenvalue weighted by Crippen LogP contribution is -2.00. The third-order valence-electron chi connectivity index (χ3n) is 10.8. The highest BCUT2D eigenvalue weighted by Crippen LogP contribution is 2.36. The largest absolute Gasteiger partial charge is 0.309 e. The fourth-order valence-corrected chi connectivity index (χ4v) is 8.20. The molecule has 0 aliphatic rings. The average Bonchev–Trinajstić information content (AvgIpc) is 3.94. The van der Waals surface area contributed by atoms with Crippen LogP contribution in [0, 0.1) is 11.3 Å². The lowest BCUT2D eigenvalue weighted by molar-refractivity contribution is 1.08. The zero-order valence-corrected chi connectivity index (χ0v) is 29.5. The molecule has 0 bridgehead atoms. The Kier molecular flexibility index (Phi) is 6.82. The molecule has 256 valence electrons. The number of rotatable bonds is 5. The summed E-state index contributed by atoms with van der Waals surface area (Å²) >= 11 is 0. The summed E-state index contributed by atoms with van der Waals surface area (Å²) in [6, 6.07) is 63.4. The molecule has 11 rings (SSSR count). The molecule has 0 unspecified atom stereocenters. The molecule has 4 aromatic heterocycles. The Bertz CT molecular complexity index is 3200. The minimum Gasteiger partial charge on any atom is -0.309 e. The molecular weight excluding hydrogens is 673 g/mol. The van der Waals surface area contributed by atoms with Crippen molar-refractivity contribution in [1.29, 1.82) is 5.26 Å². The van der Waals surface area contributed by atoms with Crippen LogP contribution in [0.5, 0.6) is 0 Å². The van der Waals surface area contributed by atoms with Gasteiger partial charge in [-0.05, 0) is 91.0 Å². The van der Waals surface area contributed by atoms with Crippen molar-refractivity contribution in [2.75, 3.05) is 0 Å². The molecule has 0 saturated heterocycles. The SMILES string of the molecule is N#Cc1ccc(-n2ccc3c(-c4ccc(-n5c6ccccc6c6ccccc65)cc4)nc(-c4ccc(-n5c6ccccc6c6ccccc65)cc4)nc32)cc1. The van der Waals surface area contributed by atoms with Gasteiger partial charge in [-0.2, -0.15) is 5.26 Å². The second kappa shape index (κ2) is 12.2. The fourth-order valence-electron chi connectivity index (χ4n) is 8.20. The van der Waals surface area contributed by atoms with Gasteiger partial charge in [0.2, 0.25) is 0 Å². The van der Waals surface area contributed by atoms with E-state index in [2.05, 4.69) is 171 Å². The zero-order valence-electron chi connectivity index (χ0n) is 29.5. The van der Waals surface area contributed by atoms with E-state index in [0.717, 1.165) is 44.9 Å². The van der Waals surface area contributed by atoms with Gasteiger partial charge >= 0.3 is 0 Å². The Balaban J connectivity index is 1.06. The van der Waals surface area contributed by atoms with Crippen molar-refractivity contribution in [3.8, 4) is 45.8 Å². The van der Waals surface area contributed by atoms with Gasteiger partial charge < -0.3 is 13.7 Å². The Morgan fingerprint density at radius 3 is 1.31 bits per heavy atom. The third kappa shape index (κ3) is 4.81. The molecule has 11 aromatic rings. The van der Waals surface area contributed by atoms with Gasteiger partial charge in [-0.1, -0.05) is 84.9 Å². The maximum Gasteiger partial charge on any atom is 0.162 e. The summed E-state index contributed by atoms with van der Waals surface area (Å²) in [4.78, 5) is 10.5. The van der Waals surface area contributed by atoms with Crippen molar-refractivity contribution in [1.82, 2.24) is 23.7 Å². The zero-order chi connectivity index (χ0) is 36.5. The molecule has 55 heavy (non-hydrogen) atoms. The second-order valence-corrected chi connectivity index (χ2v) is 13.8. The summed E-state index contributed by atoms with van der Waals surface area (Å²) < 4.78 is 6.72. The van der Waals surface area contributed by atoms with E-state index in [0.29, 0.717) is 11.4 Å². The summed E-state index contributed by atoms with van der Waals surface area (Å²) in [5.41, 5.74) is 11.9. The molecule has 6 nitrogen and oxygen atoms in total. The quantitative estimate of drug-likeness (QED) is 0.179. The van der Waals surface area contributed by atoms with Gasteiger partial charge in [0.1, 0.15) is 5.65 Å². The first-order valence-corrected chi connectivity index (χ1v) is 18.3. The van der Waals surface area contributed by atoms with Crippen LogP contribution in [0.3, 0.4) is 0 Å². The van der Waals surface area contributed by atoms with Crippen LogP contribution in [-0.4, -0.2) is 23.7 Å². The van der Waals surface area contributed by atoms with Gasteiger partial charge in [-0.3, -0.25) is 0 Å². The third-order valence-corrected chi connectivity index (χ3v) is 10.8. The molecular formula is C49H30N6. The minimum absolute atomic E-state index is 0.614. The Hall–Kier alpha value is -7.75. The monoisotopic (exact) mass is 702 g/mol. The van der Waals surface area contributed by atoms with Crippen LogP contribution in [0.2, 0.25) is 0 Å². The van der Waals surface area contributed by atoms with E-state index in [-0.39, 0.29) is 0 Å². The number of para-hydroxylation sites is 4. The van der Waals surface area contributed by atoms with E-state index in [1.54, 1.807) is 0 Å². The van der Waals surface area contributed by atoms with Crippen LogP contribution >= 0.6 is 0 Å². The second-order valence-electron chi connectivity index (χ2n) is 13.8. The molecule has 4 heterocycles. The maximum absolute atomic E-state index is 9.44. The minimum atomic E-state index is 0.614. The van der Waals surface area contributed by atoms with Crippen LogP contribution < -0.4 is 0 Å². The van der Waals surface area contributed by atoms with E-state index in [9.17, 15) is 5.26 Å². The van der Waals surface area contributed by atoms with Gasteiger partial charge in [-0.25, -0.2) is 9.97 Å². The van der Waals surface area contributed by atoms with Crippen molar-refractivity contribution < 1.29 is 0 Å². The summed E-state index contributed by atoms with van der Waals surface area (Å²) in [5, 5.41) is 15.3. The fraction of sp³-hybridized carbons (Fsp3) is 0. The molecule has 0 atom stereocenters. The highest BCUT2D eigenvalue weighted by molar-refractivity contribution is 6.10. The highest BCUT2D eigenvalue weighted by atomic mass is 15.1. The number of hydrogen-bond donors (Lipinski definition) is 0. The number of aromatic nitrogens is 5. The molecule has 7 aromatic carbocycles. The topological polar surface area (TPSA) is 64.4 Å². The standard InChI is InChI=1S/C49H30N6/c50-31-32-17-23-35(24-18-32)53-30-29-42-47(33-19-25-36(26-20-33)54-43-13-5-1-9-38(43)39-10-2-6-14-44(39)54)51-48(52-49(42)53)34-21-27-37(28-22-34)55-45-15-7-3-11-40(45)41-12-4-8-16-46(41)55/h1-30H. The lowest BCUT2D eigenvalue weighted by Gasteiger charge is -2.12. The normalized spacial score (nSPS) is 11.6. The molecule has 0 N–H and O–H groups in total. The van der Waals surface area contributed by atoms with Crippen molar-refractivity contribution in [3.63, 3.8) is 0 Å². The summed E-state index contributed by atoms with van der Waals surface area (Å²) in [6.07, 6.45) is 2.03. The molecule has 0 aliphatic carbocycles. The van der Waals surface area contributed by atoms with E-state index >= 15 is 0 Å². The number of nitriles is 1.